The van der Waals surface area contributed by atoms with E-state index in [0.717, 1.165) is 4.88 Å². The Hall–Kier alpha value is -1.97. The lowest BCUT2D eigenvalue weighted by molar-refractivity contribution is 0.372. The van der Waals surface area contributed by atoms with Crippen LogP contribution >= 0.6 is 39.5 Å². The summed E-state index contributed by atoms with van der Waals surface area (Å²) in [6, 6.07) is 7.32. The monoisotopic (exact) mass is 410 g/mol. The third-order valence-electron chi connectivity index (χ3n) is 3.03. The molecule has 0 aliphatic rings. The topological polar surface area (TPSA) is 75.4 Å². The number of phenols is 1. The van der Waals surface area contributed by atoms with E-state index in [-0.39, 0.29) is 5.75 Å². The van der Waals surface area contributed by atoms with Gasteiger partial charge in [0, 0.05) is 5.56 Å². The fourth-order valence-electron chi connectivity index (χ4n) is 1.91. The molecule has 23 heavy (non-hydrogen) atoms. The molecule has 0 aliphatic heterocycles. The van der Waals surface area contributed by atoms with E-state index >= 15 is 0 Å². The molecule has 0 fully saturated rings. The molecule has 0 bridgehead atoms. The molecule has 1 aromatic carbocycles. The fraction of sp³-hybridized carbons (Fsp3) is 0.0714. The zero-order chi connectivity index (χ0) is 16.4. The number of methoxy groups -OCH3 is 1. The molecule has 2 N–H and O–H groups in total. The smallest absolute Gasteiger partial charge is 0.216 e. The number of benzene rings is 1. The first kappa shape index (κ1) is 15.9. The second kappa shape index (κ2) is 6.65. The predicted octanol–water partition coefficient (Wildman–Crippen LogP) is 4.03. The largest absolute Gasteiger partial charge is 0.503 e. The lowest BCUT2D eigenvalue weighted by Crippen LogP contribution is -1.95. The van der Waals surface area contributed by atoms with E-state index in [1.807, 2.05) is 17.5 Å². The van der Waals surface area contributed by atoms with Gasteiger partial charge >= 0.3 is 0 Å². The Morgan fingerprint density at radius 1 is 1.48 bits per heavy atom. The molecule has 0 amide bonds. The maximum Gasteiger partial charge on any atom is 0.216 e. The highest BCUT2D eigenvalue weighted by molar-refractivity contribution is 9.10. The van der Waals surface area contributed by atoms with Gasteiger partial charge < -0.3 is 9.84 Å². The molecule has 3 aromatic rings. The number of hydrogen-bond donors (Lipinski definition) is 2. The van der Waals surface area contributed by atoms with E-state index < -0.39 is 0 Å². The van der Waals surface area contributed by atoms with Crippen molar-refractivity contribution in [3.63, 3.8) is 0 Å². The van der Waals surface area contributed by atoms with Gasteiger partial charge in [-0.05, 0) is 51.7 Å². The quantitative estimate of drug-likeness (QED) is 0.502. The summed E-state index contributed by atoms with van der Waals surface area (Å²) in [6.07, 6.45) is 1.59. The second-order valence-electron chi connectivity index (χ2n) is 4.41. The van der Waals surface area contributed by atoms with E-state index in [2.05, 4.69) is 31.2 Å². The van der Waals surface area contributed by atoms with Crippen LogP contribution in [-0.4, -0.2) is 33.3 Å². The van der Waals surface area contributed by atoms with Crippen LogP contribution in [0, 0.1) is 4.77 Å². The van der Waals surface area contributed by atoms with Crippen molar-refractivity contribution in [2.75, 3.05) is 7.11 Å². The average Bonchev–Trinajstić information content (AvgIpc) is 3.19. The van der Waals surface area contributed by atoms with Gasteiger partial charge in [0.1, 0.15) is 0 Å². The van der Waals surface area contributed by atoms with Gasteiger partial charge in [-0.15, -0.1) is 11.3 Å². The van der Waals surface area contributed by atoms with Crippen LogP contribution in [0.25, 0.3) is 10.7 Å². The van der Waals surface area contributed by atoms with Gasteiger partial charge in [0.2, 0.25) is 4.77 Å². The summed E-state index contributed by atoms with van der Waals surface area (Å²) in [7, 11) is 1.49. The number of aromatic amines is 1. The molecule has 0 saturated carbocycles. The van der Waals surface area contributed by atoms with E-state index in [4.69, 9.17) is 17.0 Å². The molecule has 9 heteroatoms. The van der Waals surface area contributed by atoms with Crippen LogP contribution < -0.4 is 4.74 Å². The molecular formula is C14H11BrN4O2S2. The number of thiophene rings is 1. The Morgan fingerprint density at radius 2 is 2.30 bits per heavy atom. The minimum absolute atomic E-state index is 0.0192. The number of ether oxygens (including phenoxy) is 1. The molecule has 0 saturated heterocycles. The number of halogens is 1. The number of aromatic nitrogens is 3. The van der Waals surface area contributed by atoms with E-state index in [1.54, 1.807) is 29.7 Å². The molecule has 0 radical (unpaired) electrons. The fourth-order valence-corrected chi connectivity index (χ4v) is 3.22. The van der Waals surface area contributed by atoms with E-state index in [9.17, 15) is 5.11 Å². The summed E-state index contributed by atoms with van der Waals surface area (Å²) in [4.78, 5) is 0.950. The van der Waals surface area contributed by atoms with Gasteiger partial charge in [0.05, 0.1) is 22.7 Å². The molecule has 2 heterocycles. The Bertz CT molecular complexity index is 916. The summed E-state index contributed by atoms with van der Waals surface area (Å²) in [6.45, 7) is 0. The molecular weight excluding hydrogens is 400 g/mol. The number of H-pyrrole nitrogens is 1. The Morgan fingerprint density at radius 3 is 3.00 bits per heavy atom. The molecule has 0 unspecified atom stereocenters. The van der Waals surface area contributed by atoms with Gasteiger partial charge in [-0.1, -0.05) is 6.07 Å². The molecule has 0 atom stereocenters. The maximum absolute atomic E-state index is 10.0. The first-order valence-electron chi connectivity index (χ1n) is 6.43. The van der Waals surface area contributed by atoms with Crippen molar-refractivity contribution in [3.05, 3.63) is 44.5 Å². The summed E-state index contributed by atoms with van der Waals surface area (Å²) in [5.74, 6) is 1.04. The van der Waals surface area contributed by atoms with Gasteiger partial charge in [-0.3, -0.25) is 0 Å². The van der Waals surface area contributed by atoms with Crippen molar-refractivity contribution in [2.24, 2.45) is 5.10 Å². The van der Waals surface area contributed by atoms with Crippen molar-refractivity contribution >= 4 is 45.7 Å². The summed E-state index contributed by atoms with van der Waals surface area (Å²) in [5.41, 5.74) is 0.684. The van der Waals surface area contributed by atoms with Gasteiger partial charge in [0.15, 0.2) is 17.3 Å². The Kier molecular flexibility index (Phi) is 4.60. The lowest BCUT2D eigenvalue weighted by atomic mass is 10.2. The Labute approximate surface area is 149 Å². The lowest BCUT2D eigenvalue weighted by Gasteiger charge is -2.07. The minimum atomic E-state index is 0.0192. The minimum Gasteiger partial charge on any atom is -0.503 e. The Balaban J connectivity index is 2.00. The average molecular weight is 411 g/mol. The number of aromatic hydroxyl groups is 1. The third kappa shape index (κ3) is 3.07. The highest BCUT2D eigenvalue weighted by Gasteiger charge is 2.11. The van der Waals surface area contributed by atoms with Crippen molar-refractivity contribution in [3.8, 4) is 22.2 Å². The van der Waals surface area contributed by atoms with Crippen LogP contribution in [0.5, 0.6) is 11.5 Å². The van der Waals surface area contributed by atoms with E-state index in [1.165, 1.54) is 11.8 Å². The summed E-state index contributed by atoms with van der Waals surface area (Å²) < 4.78 is 7.48. The van der Waals surface area contributed by atoms with Crippen LogP contribution in [0.4, 0.5) is 0 Å². The SMILES string of the molecule is COc1ccc(/C=N\n2c(-c3cccs3)n[nH]c2=S)c(Br)c1O. The zero-order valence-corrected chi connectivity index (χ0v) is 15.1. The number of rotatable bonds is 4. The summed E-state index contributed by atoms with van der Waals surface area (Å²) in [5, 5.41) is 23.3. The standard InChI is InChI=1S/C14H11BrN4O2S2/c1-21-9-5-4-8(11(15)12(9)20)7-16-19-13(17-18-14(19)22)10-3-2-6-23-10/h2-7,20H,1H3,(H,18,22)/b16-7-. The molecule has 6 nitrogen and oxygen atoms in total. The highest BCUT2D eigenvalue weighted by atomic mass is 79.9. The molecule has 0 spiro atoms. The maximum atomic E-state index is 10.0. The van der Waals surface area contributed by atoms with Crippen LogP contribution in [0.2, 0.25) is 0 Å². The van der Waals surface area contributed by atoms with Crippen LogP contribution in [-0.2, 0) is 0 Å². The van der Waals surface area contributed by atoms with Gasteiger partial charge in [-0.25, -0.2) is 5.10 Å². The van der Waals surface area contributed by atoms with Crippen molar-refractivity contribution < 1.29 is 9.84 Å². The van der Waals surface area contributed by atoms with Crippen LogP contribution in [0.15, 0.2) is 39.2 Å². The number of nitrogens with one attached hydrogen (secondary N) is 1. The first-order valence-corrected chi connectivity index (χ1v) is 8.51. The van der Waals surface area contributed by atoms with Gasteiger partial charge in [0.25, 0.3) is 0 Å². The third-order valence-corrected chi connectivity index (χ3v) is 5.00. The number of nitrogens with zero attached hydrogens (tertiary/aromatic N) is 3. The van der Waals surface area contributed by atoms with E-state index in [0.29, 0.717) is 26.4 Å². The van der Waals surface area contributed by atoms with Crippen molar-refractivity contribution in [1.29, 1.82) is 0 Å². The zero-order valence-electron chi connectivity index (χ0n) is 11.9. The normalized spacial score (nSPS) is 11.2. The highest BCUT2D eigenvalue weighted by Crippen LogP contribution is 2.35. The molecule has 3 rings (SSSR count). The number of hydrogen-bond acceptors (Lipinski definition) is 6. The first-order chi connectivity index (χ1) is 11.1. The second-order valence-corrected chi connectivity index (χ2v) is 6.53. The van der Waals surface area contributed by atoms with Crippen LogP contribution in [0.1, 0.15) is 5.56 Å². The molecule has 2 aromatic heterocycles. The van der Waals surface area contributed by atoms with Gasteiger partial charge in [-0.2, -0.15) is 14.9 Å². The van der Waals surface area contributed by atoms with Crippen molar-refractivity contribution in [1.82, 2.24) is 14.9 Å². The van der Waals surface area contributed by atoms with Crippen molar-refractivity contribution in [2.45, 2.75) is 0 Å². The molecule has 0 aliphatic carbocycles. The predicted molar refractivity (Wildman–Crippen MR) is 96.1 cm³/mol. The van der Waals surface area contributed by atoms with Crippen LogP contribution in [0.3, 0.4) is 0 Å². The number of phenolic OH excluding ortho intramolecular Hbond substituents is 1. The summed E-state index contributed by atoms with van der Waals surface area (Å²) >= 11 is 10.1. The molecule has 118 valence electrons.